The molecule has 24 heavy (non-hydrogen) atoms. The molecular formula is C14H19N5O3S2. The minimum Gasteiger partial charge on any atom is -0.353 e. The molecular weight excluding hydrogens is 350 g/mol. The first-order valence-electron chi connectivity index (χ1n) is 7.80. The van der Waals surface area contributed by atoms with Crippen LogP contribution in [0.5, 0.6) is 0 Å². The van der Waals surface area contributed by atoms with Crippen LogP contribution in [0.25, 0.3) is 0 Å². The van der Waals surface area contributed by atoms with Gasteiger partial charge in [-0.2, -0.15) is 0 Å². The second kappa shape index (κ2) is 7.14. The molecule has 130 valence electrons. The van der Waals surface area contributed by atoms with Gasteiger partial charge < -0.3 is 9.88 Å². The minimum absolute atomic E-state index is 0.144. The quantitative estimate of drug-likeness (QED) is 0.722. The Morgan fingerprint density at radius 3 is 2.79 bits per heavy atom. The lowest BCUT2D eigenvalue weighted by Gasteiger charge is -2.15. The fourth-order valence-corrected chi connectivity index (χ4v) is 4.17. The Labute approximate surface area is 148 Å². The highest BCUT2D eigenvalue weighted by Crippen LogP contribution is 2.39. The molecule has 1 aliphatic heterocycles. The Hall–Kier alpha value is -1.55. The van der Waals surface area contributed by atoms with Crippen LogP contribution < -0.4 is 5.32 Å². The topological polar surface area (TPSA) is 97.2 Å². The number of amides is 3. The lowest BCUT2D eigenvalue weighted by molar-refractivity contribution is -0.125. The highest BCUT2D eigenvalue weighted by molar-refractivity contribution is 8.14. The lowest BCUT2D eigenvalue weighted by atomic mass is 10.4. The van der Waals surface area contributed by atoms with E-state index < -0.39 is 0 Å². The van der Waals surface area contributed by atoms with Crippen molar-refractivity contribution in [3.8, 4) is 0 Å². The predicted molar refractivity (Wildman–Crippen MR) is 90.9 cm³/mol. The number of thioether (sulfide) groups is 2. The molecule has 3 amide bonds. The molecule has 0 aromatic carbocycles. The Bertz CT molecular complexity index is 657. The number of nitrogens with one attached hydrogen (secondary N) is 1. The van der Waals surface area contributed by atoms with Crippen LogP contribution in [0.15, 0.2) is 5.16 Å². The molecule has 1 saturated carbocycles. The number of hydrogen-bond donors (Lipinski definition) is 1. The van der Waals surface area contributed by atoms with E-state index in [-0.39, 0.29) is 41.1 Å². The van der Waals surface area contributed by atoms with Crippen LogP contribution in [0, 0.1) is 6.92 Å². The molecule has 0 unspecified atom stereocenters. The Morgan fingerprint density at radius 2 is 2.17 bits per heavy atom. The van der Waals surface area contributed by atoms with Gasteiger partial charge in [-0.25, -0.2) is 0 Å². The SMILES string of the molecule is Cc1nnc(S[C@@H](C)C(=O)NCCN2C(=O)CSC2=O)n1C1CC1. The van der Waals surface area contributed by atoms with Crippen LogP contribution in [0.2, 0.25) is 0 Å². The minimum atomic E-state index is -0.328. The zero-order valence-electron chi connectivity index (χ0n) is 13.5. The van der Waals surface area contributed by atoms with Crippen LogP contribution in [-0.2, 0) is 9.59 Å². The van der Waals surface area contributed by atoms with Crippen LogP contribution in [0.3, 0.4) is 0 Å². The summed E-state index contributed by atoms with van der Waals surface area (Å²) in [6.45, 7) is 4.20. The maximum atomic E-state index is 12.2. The van der Waals surface area contributed by atoms with Crippen LogP contribution in [0.4, 0.5) is 4.79 Å². The first-order valence-corrected chi connectivity index (χ1v) is 9.67. The normalized spacial score (nSPS) is 19.0. The summed E-state index contributed by atoms with van der Waals surface area (Å²) in [5, 5.41) is 11.2. The highest BCUT2D eigenvalue weighted by Gasteiger charge is 2.31. The first-order chi connectivity index (χ1) is 11.5. The van der Waals surface area contributed by atoms with Crippen molar-refractivity contribution < 1.29 is 14.4 Å². The lowest BCUT2D eigenvalue weighted by Crippen LogP contribution is -2.39. The highest BCUT2D eigenvalue weighted by atomic mass is 32.2. The third-order valence-electron chi connectivity index (χ3n) is 3.87. The third kappa shape index (κ3) is 3.75. The Morgan fingerprint density at radius 1 is 1.42 bits per heavy atom. The summed E-state index contributed by atoms with van der Waals surface area (Å²) in [7, 11) is 0. The molecule has 0 radical (unpaired) electrons. The molecule has 1 N–H and O–H groups in total. The second-order valence-electron chi connectivity index (χ2n) is 5.78. The van der Waals surface area contributed by atoms with Crippen molar-refractivity contribution in [1.29, 1.82) is 0 Å². The smallest absolute Gasteiger partial charge is 0.288 e. The molecule has 3 rings (SSSR count). The summed E-state index contributed by atoms with van der Waals surface area (Å²) in [4.78, 5) is 36.4. The number of aryl methyl sites for hydroxylation is 1. The molecule has 1 atom stereocenters. The Balaban J connectivity index is 1.48. The van der Waals surface area contributed by atoms with Crippen LogP contribution in [-0.4, -0.2) is 60.8 Å². The van der Waals surface area contributed by atoms with E-state index in [2.05, 4.69) is 20.1 Å². The molecule has 0 spiro atoms. The van der Waals surface area contributed by atoms with E-state index in [1.54, 1.807) is 0 Å². The summed E-state index contributed by atoms with van der Waals surface area (Å²) in [6.07, 6.45) is 2.26. The van der Waals surface area contributed by atoms with Gasteiger partial charge in [-0.3, -0.25) is 19.3 Å². The number of carbonyl (C=O) groups excluding carboxylic acids is 3. The number of nitrogens with zero attached hydrogens (tertiary/aromatic N) is 4. The summed E-state index contributed by atoms with van der Waals surface area (Å²) in [5.74, 6) is 0.718. The van der Waals surface area contributed by atoms with E-state index in [4.69, 9.17) is 0 Å². The molecule has 1 aliphatic carbocycles. The first kappa shape index (κ1) is 17.3. The summed E-state index contributed by atoms with van der Waals surface area (Å²) in [6, 6.07) is 0.461. The average molecular weight is 369 g/mol. The fraction of sp³-hybridized carbons (Fsp3) is 0.643. The summed E-state index contributed by atoms with van der Waals surface area (Å²) < 4.78 is 2.09. The van der Waals surface area contributed by atoms with Crippen molar-refractivity contribution in [2.24, 2.45) is 0 Å². The van der Waals surface area contributed by atoms with E-state index >= 15 is 0 Å². The molecule has 2 heterocycles. The van der Waals surface area contributed by atoms with Crippen molar-refractivity contribution in [2.45, 2.75) is 43.1 Å². The maximum Gasteiger partial charge on any atom is 0.288 e. The zero-order valence-corrected chi connectivity index (χ0v) is 15.2. The van der Waals surface area contributed by atoms with Gasteiger partial charge in [0.15, 0.2) is 5.16 Å². The number of carbonyl (C=O) groups is 3. The van der Waals surface area contributed by atoms with E-state index in [0.717, 1.165) is 35.6 Å². The monoisotopic (exact) mass is 369 g/mol. The van der Waals surface area contributed by atoms with E-state index in [1.165, 1.54) is 16.7 Å². The van der Waals surface area contributed by atoms with E-state index in [9.17, 15) is 14.4 Å². The van der Waals surface area contributed by atoms with Crippen LogP contribution >= 0.6 is 23.5 Å². The van der Waals surface area contributed by atoms with Crippen molar-refractivity contribution in [2.75, 3.05) is 18.8 Å². The van der Waals surface area contributed by atoms with Gasteiger partial charge in [0.2, 0.25) is 11.8 Å². The molecule has 0 bridgehead atoms. The van der Waals surface area contributed by atoms with Gasteiger partial charge in [0.25, 0.3) is 5.24 Å². The van der Waals surface area contributed by atoms with Crippen molar-refractivity contribution >= 4 is 40.6 Å². The molecule has 1 saturated heterocycles. The van der Waals surface area contributed by atoms with Crippen molar-refractivity contribution in [1.82, 2.24) is 25.0 Å². The average Bonchev–Trinajstić information content (AvgIpc) is 3.25. The molecule has 2 fully saturated rings. The number of hydrogen-bond acceptors (Lipinski definition) is 7. The van der Waals surface area contributed by atoms with Gasteiger partial charge in [-0.1, -0.05) is 23.5 Å². The van der Waals surface area contributed by atoms with Crippen molar-refractivity contribution in [3.63, 3.8) is 0 Å². The molecule has 10 heteroatoms. The third-order valence-corrected chi connectivity index (χ3v) is 5.79. The number of rotatable bonds is 7. The summed E-state index contributed by atoms with van der Waals surface area (Å²) >= 11 is 2.37. The van der Waals surface area contributed by atoms with Gasteiger partial charge in [-0.05, 0) is 26.7 Å². The summed E-state index contributed by atoms with van der Waals surface area (Å²) in [5.41, 5.74) is 0. The number of aromatic nitrogens is 3. The predicted octanol–water partition coefficient (Wildman–Crippen LogP) is 1.21. The van der Waals surface area contributed by atoms with Gasteiger partial charge in [0.1, 0.15) is 5.82 Å². The molecule has 1 aromatic heterocycles. The van der Waals surface area contributed by atoms with Crippen molar-refractivity contribution in [3.05, 3.63) is 5.82 Å². The number of imide groups is 1. The maximum absolute atomic E-state index is 12.2. The zero-order chi connectivity index (χ0) is 17.3. The molecule has 1 aromatic rings. The van der Waals surface area contributed by atoms with E-state index in [1.807, 2.05) is 13.8 Å². The van der Waals surface area contributed by atoms with Crippen LogP contribution in [0.1, 0.15) is 31.6 Å². The molecule has 2 aliphatic rings. The van der Waals surface area contributed by atoms with Gasteiger partial charge >= 0.3 is 0 Å². The largest absolute Gasteiger partial charge is 0.353 e. The second-order valence-corrected chi connectivity index (χ2v) is 8.02. The molecule has 8 nitrogen and oxygen atoms in total. The standard InChI is InChI=1S/C14H19N5O3S2/c1-8(24-13-17-16-9(2)19(13)10-3-4-10)12(21)15-5-6-18-11(20)7-23-14(18)22/h8,10H,3-7H2,1-2H3,(H,15,21)/t8-/m0/s1. The van der Waals surface area contributed by atoms with E-state index in [0.29, 0.717) is 6.04 Å². The Kier molecular flexibility index (Phi) is 5.14. The van der Waals surface area contributed by atoms with Gasteiger partial charge in [0.05, 0.1) is 11.0 Å². The van der Waals surface area contributed by atoms with Gasteiger partial charge in [-0.15, -0.1) is 10.2 Å². The fourth-order valence-electron chi connectivity index (χ4n) is 2.43. The van der Waals surface area contributed by atoms with Gasteiger partial charge in [0, 0.05) is 19.1 Å².